The van der Waals surface area contributed by atoms with E-state index < -0.39 is 18.9 Å². The number of rotatable bonds is 4. The zero-order chi connectivity index (χ0) is 23.0. The van der Waals surface area contributed by atoms with Gasteiger partial charge in [-0.25, -0.2) is 4.98 Å². The van der Waals surface area contributed by atoms with Gasteiger partial charge in [0.2, 0.25) is 0 Å². The largest absolute Gasteiger partial charge is 0.384 e. The summed E-state index contributed by atoms with van der Waals surface area (Å²) in [6.45, 7) is -0.784. The minimum Gasteiger partial charge on any atom is -0.384 e. The topological polar surface area (TPSA) is 119 Å². The SMILES string of the molecule is [2H]C([2H])([2H])NC(=O)c1cccc([C@@H](C)n2cnc3cc(-c4cn[nH]c4N)ccc3c2=O)c1. The third kappa shape index (κ3) is 3.25. The van der Waals surface area contributed by atoms with E-state index in [-0.39, 0.29) is 11.1 Å². The number of anilines is 1. The van der Waals surface area contributed by atoms with E-state index in [2.05, 4.69) is 15.2 Å². The lowest BCUT2D eigenvalue weighted by atomic mass is 10.0. The molecule has 0 aliphatic heterocycles. The maximum atomic E-state index is 13.1. The van der Waals surface area contributed by atoms with Crippen molar-refractivity contribution in [3.63, 3.8) is 0 Å². The number of H-pyrrole nitrogens is 1. The third-order valence-corrected chi connectivity index (χ3v) is 4.93. The van der Waals surface area contributed by atoms with Crippen molar-refractivity contribution in [3.8, 4) is 11.1 Å². The number of benzene rings is 2. The highest BCUT2D eigenvalue weighted by atomic mass is 16.1. The van der Waals surface area contributed by atoms with Crippen LogP contribution in [0.1, 0.15) is 33.0 Å². The fourth-order valence-electron chi connectivity index (χ4n) is 3.28. The average Bonchev–Trinajstić information content (AvgIpc) is 3.18. The fourth-order valence-corrected chi connectivity index (χ4v) is 3.28. The molecule has 1 atom stereocenters. The lowest BCUT2D eigenvalue weighted by molar-refractivity contribution is 0.0963. The van der Waals surface area contributed by atoms with Crippen molar-refractivity contribution >= 4 is 22.6 Å². The number of nitrogens with two attached hydrogens (primary N) is 1. The van der Waals surface area contributed by atoms with Crippen molar-refractivity contribution < 1.29 is 8.91 Å². The second kappa shape index (κ2) is 7.23. The van der Waals surface area contributed by atoms with Gasteiger partial charge in [-0.1, -0.05) is 18.2 Å². The quantitative estimate of drug-likeness (QED) is 0.493. The Morgan fingerprint density at radius 3 is 2.93 bits per heavy atom. The van der Waals surface area contributed by atoms with E-state index in [4.69, 9.17) is 9.85 Å². The third-order valence-electron chi connectivity index (χ3n) is 4.93. The molecule has 0 aliphatic carbocycles. The average molecular weight is 391 g/mol. The Bertz CT molecular complexity index is 1380. The second-order valence-corrected chi connectivity index (χ2v) is 6.64. The Kier molecular flexibility index (Phi) is 3.75. The van der Waals surface area contributed by atoms with Gasteiger partial charge >= 0.3 is 0 Å². The van der Waals surface area contributed by atoms with Gasteiger partial charge in [-0.2, -0.15) is 5.10 Å². The number of aromatic nitrogens is 4. The number of fused-ring (bicyclic) bond motifs is 1. The van der Waals surface area contributed by atoms with Crippen molar-refractivity contribution in [2.24, 2.45) is 0 Å². The zero-order valence-corrected chi connectivity index (χ0v) is 15.5. The van der Waals surface area contributed by atoms with Crippen LogP contribution in [0.2, 0.25) is 0 Å². The molecule has 0 saturated heterocycles. The molecule has 146 valence electrons. The molecule has 8 nitrogen and oxygen atoms in total. The van der Waals surface area contributed by atoms with Gasteiger partial charge in [-0.05, 0) is 42.3 Å². The number of hydrogen-bond donors (Lipinski definition) is 3. The number of hydrogen-bond acceptors (Lipinski definition) is 5. The molecule has 2 aromatic heterocycles. The Labute approximate surface area is 170 Å². The molecule has 8 heteroatoms. The first-order valence-corrected chi connectivity index (χ1v) is 8.86. The van der Waals surface area contributed by atoms with Gasteiger partial charge in [0.25, 0.3) is 11.5 Å². The lowest BCUT2D eigenvalue weighted by Gasteiger charge is -2.16. The number of amides is 1. The highest BCUT2D eigenvalue weighted by molar-refractivity contribution is 5.94. The van der Waals surface area contributed by atoms with Crippen LogP contribution in [-0.2, 0) is 0 Å². The summed E-state index contributed by atoms with van der Waals surface area (Å²) < 4.78 is 23.1. The molecule has 2 heterocycles. The summed E-state index contributed by atoms with van der Waals surface area (Å²) in [5.41, 5.74) is 8.51. The highest BCUT2D eigenvalue weighted by Crippen LogP contribution is 2.26. The summed E-state index contributed by atoms with van der Waals surface area (Å²) >= 11 is 0. The number of carbonyl (C=O) groups excluding carboxylic acids is 1. The highest BCUT2D eigenvalue weighted by Gasteiger charge is 2.15. The predicted molar refractivity (Wildman–Crippen MR) is 112 cm³/mol. The summed E-state index contributed by atoms with van der Waals surface area (Å²) in [6.07, 6.45) is 3.06. The van der Waals surface area contributed by atoms with E-state index in [1.165, 1.54) is 17.0 Å². The lowest BCUT2D eigenvalue weighted by Crippen LogP contribution is -2.25. The smallest absolute Gasteiger partial charge is 0.261 e. The van der Waals surface area contributed by atoms with Gasteiger partial charge in [0.05, 0.1) is 29.5 Å². The second-order valence-electron chi connectivity index (χ2n) is 6.64. The van der Waals surface area contributed by atoms with E-state index in [1.807, 2.05) is 5.32 Å². The van der Waals surface area contributed by atoms with Crippen LogP contribution in [0.25, 0.3) is 22.0 Å². The van der Waals surface area contributed by atoms with Crippen LogP contribution in [-0.4, -0.2) is 32.6 Å². The molecular formula is C21H20N6O2. The van der Waals surface area contributed by atoms with Crippen LogP contribution in [0.15, 0.2) is 59.8 Å². The van der Waals surface area contributed by atoms with Crippen molar-refractivity contribution in [2.75, 3.05) is 12.7 Å². The minimum absolute atomic E-state index is 0.189. The van der Waals surface area contributed by atoms with E-state index >= 15 is 0 Å². The number of carbonyl (C=O) groups is 1. The molecule has 4 rings (SSSR count). The van der Waals surface area contributed by atoms with Gasteiger partial charge in [0, 0.05) is 22.2 Å². The molecule has 0 unspecified atom stereocenters. The summed E-state index contributed by atoms with van der Waals surface area (Å²) in [5.74, 6) is -0.289. The number of nitrogens with one attached hydrogen (secondary N) is 2. The molecular weight excluding hydrogens is 368 g/mol. The molecule has 1 amide bonds. The Balaban J connectivity index is 1.69. The van der Waals surface area contributed by atoms with Crippen LogP contribution < -0.4 is 16.6 Å². The Hall–Kier alpha value is -3.94. The monoisotopic (exact) mass is 391 g/mol. The zero-order valence-electron chi connectivity index (χ0n) is 18.5. The molecule has 4 N–H and O–H groups in total. The first-order chi connectivity index (χ1) is 15.1. The number of nitrogen functional groups attached to an aromatic ring is 1. The molecule has 0 bridgehead atoms. The molecule has 29 heavy (non-hydrogen) atoms. The van der Waals surface area contributed by atoms with Crippen molar-refractivity contribution in [1.29, 1.82) is 0 Å². The fraction of sp³-hybridized carbons (Fsp3) is 0.143. The molecule has 0 spiro atoms. The standard InChI is InChI=1S/C21H20N6O2/c1-12(13-4-3-5-15(8-13)20(28)23-2)27-11-24-18-9-14(6-7-16(18)21(27)29)17-10-25-26-19(17)22/h3-12H,1-2H3,(H,23,28)(H3,22,25,26)/t12-/m1/s1/i2D3. The molecule has 0 radical (unpaired) electrons. The van der Waals surface area contributed by atoms with E-state index in [0.717, 1.165) is 11.1 Å². The normalized spacial score (nSPS) is 14.0. The van der Waals surface area contributed by atoms with Gasteiger partial charge in [0.15, 0.2) is 0 Å². The van der Waals surface area contributed by atoms with Crippen LogP contribution in [0.3, 0.4) is 0 Å². The van der Waals surface area contributed by atoms with E-state index in [1.54, 1.807) is 49.5 Å². The molecule has 0 saturated carbocycles. The molecule has 2 aromatic carbocycles. The maximum absolute atomic E-state index is 13.1. The van der Waals surface area contributed by atoms with Gasteiger partial charge in [-0.3, -0.25) is 19.3 Å². The Morgan fingerprint density at radius 1 is 1.31 bits per heavy atom. The minimum atomic E-state index is -2.59. The van der Waals surface area contributed by atoms with Crippen molar-refractivity contribution in [1.82, 2.24) is 25.1 Å². The first kappa shape index (κ1) is 15.0. The summed E-state index contributed by atoms with van der Waals surface area (Å²) in [4.78, 5) is 29.8. The van der Waals surface area contributed by atoms with Crippen LogP contribution >= 0.6 is 0 Å². The van der Waals surface area contributed by atoms with Crippen molar-refractivity contribution in [2.45, 2.75) is 13.0 Å². The maximum Gasteiger partial charge on any atom is 0.261 e. The summed E-state index contributed by atoms with van der Waals surface area (Å²) in [5, 5.41) is 8.98. The molecule has 0 fully saturated rings. The van der Waals surface area contributed by atoms with Crippen LogP contribution in [0.4, 0.5) is 5.82 Å². The molecule has 4 aromatic rings. The Morgan fingerprint density at radius 2 is 2.17 bits per heavy atom. The van der Waals surface area contributed by atoms with Gasteiger partial charge < -0.3 is 11.1 Å². The number of aromatic amines is 1. The van der Waals surface area contributed by atoms with E-state index in [0.29, 0.717) is 22.3 Å². The summed E-state index contributed by atoms with van der Waals surface area (Å²) in [6, 6.07) is 11.3. The van der Waals surface area contributed by atoms with Crippen LogP contribution in [0.5, 0.6) is 0 Å². The van der Waals surface area contributed by atoms with Gasteiger partial charge in [-0.15, -0.1) is 0 Å². The summed E-state index contributed by atoms with van der Waals surface area (Å²) in [7, 11) is 0. The van der Waals surface area contributed by atoms with Gasteiger partial charge in [0.1, 0.15) is 5.82 Å². The predicted octanol–water partition coefficient (Wildman–Crippen LogP) is 2.34. The van der Waals surface area contributed by atoms with Crippen LogP contribution in [0, 0.1) is 0 Å². The molecule has 0 aliphatic rings. The van der Waals surface area contributed by atoms with Crippen molar-refractivity contribution in [3.05, 3.63) is 76.5 Å². The van der Waals surface area contributed by atoms with E-state index in [9.17, 15) is 9.59 Å². The first-order valence-electron chi connectivity index (χ1n) is 10.4. The number of nitrogens with zero attached hydrogens (tertiary/aromatic N) is 3.